The van der Waals surface area contributed by atoms with Crippen LogP contribution in [-0.4, -0.2) is 52.8 Å². The fraction of sp³-hybridized carbons (Fsp3) is 0.286. The van der Waals surface area contributed by atoms with Gasteiger partial charge in [0, 0.05) is 58.6 Å². The summed E-state index contributed by atoms with van der Waals surface area (Å²) in [4.78, 5) is 11.1. The van der Waals surface area contributed by atoms with Crippen LogP contribution in [0.2, 0.25) is 5.02 Å². The molecule has 0 unspecified atom stereocenters. The Morgan fingerprint density at radius 1 is 1.31 bits per heavy atom. The SMILES string of the molecule is CS(=O)(=O)N[C@H]1CC2=C(c3cnn(C(F)F)c3)[C@H](c3ccc(F)cc3Cl)N=C(c3nccs3)N2C1. The first kappa shape index (κ1) is 24.0. The van der Waals surface area contributed by atoms with Gasteiger partial charge in [-0.3, -0.25) is 4.99 Å². The van der Waals surface area contributed by atoms with Crippen LogP contribution < -0.4 is 4.72 Å². The lowest BCUT2D eigenvalue weighted by molar-refractivity contribution is 0.0566. The number of thiazole rings is 1. The van der Waals surface area contributed by atoms with Gasteiger partial charge >= 0.3 is 6.55 Å². The van der Waals surface area contributed by atoms with Crippen molar-refractivity contribution in [3.05, 3.63) is 74.8 Å². The molecule has 1 fully saturated rings. The van der Waals surface area contributed by atoms with Gasteiger partial charge in [0.05, 0.1) is 12.5 Å². The summed E-state index contributed by atoms with van der Waals surface area (Å²) in [5, 5.41) is 6.26. The van der Waals surface area contributed by atoms with Crippen LogP contribution in [0.5, 0.6) is 0 Å². The van der Waals surface area contributed by atoms with Crippen molar-refractivity contribution < 1.29 is 21.6 Å². The predicted octanol–water partition coefficient (Wildman–Crippen LogP) is 4.06. The molecular formula is C21H18ClF3N6O2S2. The molecule has 184 valence electrons. The molecular weight excluding hydrogens is 525 g/mol. The van der Waals surface area contributed by atoms with E-state index in [4.69, 9.17) is 16.6 Å². The fourth-order valence-electron chi connectivity index (χ4n) is 4.37. The maximum atomic E-state index is 13.8. The molecule has 0 saturated carbocycles. The van der Waals surface area contributed by atoms with Gasteiger partial charge in [0.25, 0.3) is 0 Å². The highest BCUT2D eigenvalue weighted by molar-refractivity contribution is 7.88. The molecule has 1 aromatic carbocycles. The van der Waals surface area contributed by atoms with Gasteiger partial charge in [-0.15, -0.1) is 11.3 Å². The second kappa shape index (κ2) is 9.04. The number of benzene rings is 1. The van der Waals surface area contributed by atoms with E-state index in [1.807, 2.05) is 4.90 Å². The second-order valence-electron chi connectivity index (χ2n) is 8.11. The topological polar surface area (TPSA) is 92.5 Å². The number of hydrogen-bond donors (Lipinski definition) is 1. The van der Waals surface area contributed by atoms with Gasteiger partial charge in [0.15, 0.2) is 10.8 Å². The number of hydrogen-bond acceptors (Lipinski definition) is 7. The van der Waals surface area contributed by atoms with Crippen LogP contribution in [-0.2, 0) is 10.0 Å². The first-order valence-corrected chi connectivity index (χ1v) is 13.5. The standard InChI is InChI=1S/C21H18ClF3N6O2S2/c1-35(32,33)29-13-7-16-17(11-8-27-31(9-11)21(24)25)18(14-3-2-12(23)6-15(14)22)28-19(30(16)10-13)20-26-4-5-34-20/h2-6,8-9,13,18,21,29H,7,10H2,1H3/t13-,18-/m0/s1. The van der Waals surface area contributed by atoms with Crippen molar-refractivity contribution in [1.82, 2.24) is 24.4 Å². The van der Waals surface area contributed by atoms with Crippen molar-refractivity contribution in [2.75, 3.05) is 12.8 Å². The quantitative estimate of drug-likeness (QED) is 0.507. The molecule has 4 heterocycles. The lowest BCUT2D eigenvalue weighted by Gasteiger charge is -2.32. The number of amidine groups is 1. The first-order chi connectivity index (χ1) is 16.6. The largest absolute Gasteiger partial charge is 0.333 e. The molecule has 0 amide bonds. The first-order valence-electron chi connectivity index (χ1n) is 10.3. The number of aromatic nitrogens is 3. The number of sulfonamides is 1. The Morgan fingerprint density at radius 3 is 2.74 bits per heavy atom. The van der Waals surface area contributed by atoms with Crippen LogP contribution in [0, 0.1) is 5.82 Å². The third-order valence-corrected chi connectivity index (χ3v) is 7.49. The number of fused-ring (bicyclic) bond motifs is 1. The van der Waals surface area contributed by atoms with Gasteiger partial charge in [-0.1, -0.05) is 17.7 Å². The van der Waals surface area contributed by atoms with Crippen LogP contribution in [0.25, 0.3) is 5.57 Å². The maximum absolute atomic E-state index is 13.8. The molecule has 0 radical (unpaired) electrons. The zero-order valence-electron chi connectivity index (χ0n) is 18.1. The molecule has 2 aliphatic heterocycles. The minimum absolute atomic E-state index is 0.119. The van der Waals surface area contributed by atoms with E-state index < -0.39 is 34.5 Å². The Balaban J connectivity index is 1.72. The Labute approximate surface area is 207 Å². The zero-order chi connectivity index (χ0) is 24.9. The lowest BCUT2D eigenvalue weighted by Crippen LogP contribution is -2.38. The van der Waals surface area contributed by atoms with Crippen LogP contribution in [0.15, 0.2) is 52.9 Å². The van der Waals surface area contributed by atoms with E-state index in [2.05, 4.69) is 14.8 Å². The maximum Gasteiger partial charge on any atom is 0.333 e. The van der Waals surface area contributed by atoms with Crippen LogP contribution in [0.3, 0.4) is 0 Å². The van der Waals surface area contributed by atoms with Crippen molar-refractivity contribution in [2.24, 2.45) is 4.99 Å². The number of rotatable bonds is 6. The Bertz CT molecular complexity index is 1440. The normalized spacial score (nSPS) is 20.5. The van der Waals surface area contributed by atoms with Crippen molar-refractivity contribution >= 4 is 44.4 Å². The summed E-state index contributed by atoms with van der Waals surface area (Å²) in [6.45, 7) is -2.59. The molecule has 0 aliphatic carbocycles. The van der Waals surface area contributed by atoms with Crippen LogP contribution >= 0.6 is 22.9 Å². The number of alkyl halides is 2. The highest BCUT2D eigenvalue weighted by Crippen LogP contribution is 2.46. The van der Waals surface area contributed by atoms with Gasteiger partial charge in [0.1, 0.15) is 11.9 Å². The molecule has 1 N–H and O–H groups in total. The number of aliphatic imine (C=N–C) groups is 1. The summed E-state index contributed by atoms with van der Waals surface area (Å²) in [6, 6.07) is 2.63. The average Bonchev–Trinajstić information content (AvgIpc) is 3.52. The monoisotopic (exact) mass is 542 g/mol. The minimum Gasteiger partial charge on any atom is -0.326 e. The highest BCUT2D eigenvalue weighted by atomic mass is 35.5. The molecule has 8 nitrogen and oxygen atoms in total. The fourth-order valence-corrected chi connectivity index (χ4v) is 6.04. The molecule has 5 rings (SSSR count). The molecule has 1 saturated heterocycles. The van der Waals surface area contributed by atoms with Crippen molar-refractivity contribution in [1.29, 1.82) is 0 Å². The average molecular weight is 543 g/mol. The molecule has 2 aliphatic rings. The Kier molecular flexibility index (Phi) is 6.20. The summed E-state index contributed by atoms with van der Waals surface area (Å²) in [5.74, 6) is -0.0403. The highest BCUT2D eigenvalue weighted by Gasteiger charge is 2.41. The molecule has 2 atom stereocenters. The predicted molar refractivity (Wildman–Crippen MR) is 126 cm³/mol. The van der Waals surface area contributed by atoms with Gasteiger partial charge < -0.3 is 4.90 Å². The molecule has 2 aromatic heterocycles. The summed E-state index contributed by atoms with van der Waals surface area (Å²) >= 11 is 7.76. The van der Waals surface area contributed by atoms with Crippen molar-refractivity contribution in [3.8, 4) is 0 Å². The molecule has 0 spiro atoms. The van der Waals surface area contributed by atoms with E-state index in [-0.39, 0.29) is 18.0 Å². The second-order valence-corrected chi connectivity index (χ2v) is 11.2. The Morgan fingerprint density at radius 2 is 2.11 bits per heavy atom. The lowest BCUT2D eigenvalue weighted by atomic mass is 9.91. The van der Waals surface area contributed by atoms with E-state index in [1.165, 1.54) is 35.9 Å². The van der Waals surface area contributed by atoms with Gasteiger partial charge in [0.2, 0.25) is 10.0 Å². The van der Waals surface area contributed by atoms with Crippen molar-refractivity contribution in [3.63, 3.8) is 0 Å². The van der Waals surface area contributed by atoms with Crippen LogP contribution in [0.1, 0.15) is 35.1 Å². The minimum atomic E-state index is -3.52. The molecule has 0 bridgehead atoms. The number of halogens is 4. The summed E-state index contributed by atoms with van der Waals surface area (Å²) in [7, 11) is -3.52. The van der Waals surface area contributed by atoms with E-state index in [0.717, 1.165) is 12.3 Å². The molecule has 3 aromatic rings. The number of nitrogens with one attached hydrogen (secondary N) is 1. The van der Waals surface area contributed by atoms with Gasteiger partial charge in [-0.25, -0.2) is 27.2 Å². The molecule has 35 heavy (non-hydrogen) atoms. The van der Waals surface area contributed by atoms with Gasteiger partial charge in [-0.05, 0) is 17.7 Å². The summed E-state index contributed by atoms with van der Waals surface area (Å²) in [5.41, 5.74) is 2.04. The van der Waals surface area contributed by atoms with E-state index in [0.29, 0.717) is 37.9 Å². The molecule has 14 heteroatoms. The summed E-state index contributed by atoms with van der Waals surface area (Å²) in [6.07, 6.45) is 5.47. The third-order valence-electron chi connectivity index (χ3n) is 5.63. The van der Waals surface area contributed by atoms with E-state index in [1.54, 1.807) is 11.6 Å². The van der Waals surface area contributed by atoms with E-state index in [9.17, 15) is 21.6 Å². The van der Waals surface area contributed by atoms with Gasteiger partial charge in [-0.2, -0.15) is 13.9 Å². The van der Waals surface area contributed by atoms with Crippen molar-refractivity contribution in [2.45, 2.75) is 25.1 Å². The zero-order valence-corrected chi connectivity index (χ0v) is 20.5. The van der Waals surface area contributed by atoms with Crippen LogP contribution in [0.4, 0.5) is 13.2 Å². The smallest absolute Gasteiger partial charge is 0.326 e. The Hall–Kier alpha value is -2.74. The van der Waals surface area contributed by atoms with E-state index >= 15 is 0 Å². The number of nitrogens with zero attached hydrogens (tertiary/aromatic N) is 5. The summed E-state index contributed by atoms with van der Waals surface area (Å²) < 4.78 is 67.6. The third kappa shape index (κ3) is 4.73.